The molecule has 0 aliphatic rings. The fourth-order valence-electron chi connectivity index (χ4n) is 4.66. The van der Waals surface area contributed by atoms with Crippen LogP contribution in [0.1, 0.15) is 35.4 Å². The van der Waals surface area contributed by atoms with Gasteiger partial charge in [0.25, 0.3) is 0 Å². The topological polar surface area (TPSA) is 36.3 Å². The zero-order valence-corrected chi connectivity index (χ0v) is 20.2. The monoisotopic (exact) mass is 450 g/mol. The van der Waals surface area contributed by atoms with Gasteiger partial charge in [0.05, 0.1) is 24.7 Å². The first-order chi connectivity index (χ1) is 16.5. The molecule has 1 unspecified atom stereocenters. The van der Waals surface area contributed by atoms with Crippen molar-refractivity contribution in [3.8, 4) is 11.5 Å². The van der Waals surface area contributed by atoms with E-state index in [-0.39, 0.29) is 5.92 Å². The molecule has 1 aromatic heterocycles. The molecule has 0 radical (unpaired) electrons. The van der Waals surface area contributed by atoms with Crippen molar-refractivity contribution in [3.05, 3.63) is 101 Å². The molecule has 172 valence electrons. The van der Waals surface area contributed by atoms with E-state index in [2.05, 4.69) is 92.1 Å². The van der Waals surface area contributed by atoms with Gasteiger partial charge in [-0.05, 0) is 66.1 Å². The molecule has 0 N–H and O–H groups in total. The number of nitrogens with zero attached hydrogens (tertiary/aromatic N) is 2. The number of imidazole rings is 1. The van der Waals surface area contributed by atoms with Crippen molar-refractivity contribution in [2.75, 3.05) is 13.7 Å². The molecule has 1 atom stereocenters. The molecule has 4 aromatic carbocycles. The van der Waals surface area contributed by atoms with Crippen LogP contribution in [0.5, 0.6) is 11.5 Å². The van der Waals surface area contributed by atoms with Gasteiger partial charge in [-0.3, -0.25) is 0 Å². The van der Waals surface area contributed by atoms with Crippen LogP contribution < -0.4 is 9.47 Å². The largest absolute Gasteiger partial charge is 0.497 e. The van der Waals surface area contributed by atoms with Crippen molar-refractivity contribution in [2.45, 2.75) is 33.2 Å². The molecular formula is C30H30N2O2. The summed E-state index contributed by atoms with van der Waals surface area (Å²) in [6, 6.07) is 27.5. The highest BCUT2D eigenvalue weighted by atomic mass is 16.5. The summed E-state index contributed by atoms with van der Waals surface area (Å²) in [7, 11) is 1.70. The Hall–Kier alpha value is -3.79. The number of aryl methyl sites for hydroxylation is 2. The minimum atomic E-state index is 0.139. The lowest BCUT2D eigenvalue weighted by Crippen LogP contribution is -2.14. The second-order valence-electron chi connectivity index (χ2n) is 8.92. The van der Waals surface area contributed by atoms with Gasteiger partial charge in [0, 0.05) is 5.92 Å². The van der Waals surface area contributed by atoms with Gasteiger partial charge in [-0.25, -0.2) is 4.98 Å². The number of methoxy groups -OCH3 is 1. The highest BCUT2D eigenvalue weighted by Gasteiger charge is 2.19. The molecule has 5 rings (SSSR count). The van der Waals surface area contributed by atoms with Gasteiger partial charge in [0.1, 0.15) is 23.9 Å². The van der Waals surface area contributed by atoms with E-state index in [1.807, 2.05) is 12.1 Å². The van der Waals surface area contributed by atoms with Gasteiger partial charge in [0.2, 0.25) is 0 Å². The fraction of sp³-hybridized carbons (Fsp3) is 0.233. The Labute approximate surface area is 200 Å². The van der Waals surface area contributed by atoms with Crippen LogP contribution >= 0.6 is 0 Å². The Morgan fingerprint density at radius 3 is 2.50 bits per heavy atom. The zero-order valence-electron chi connectivity index (χ0n) is 20.2. The Morgan fingerprint density at radius 1 is 0.882 bits per heavy atom. The van der Waals surface area contributed by atoms with E-state index in [9.17, 15) is 0 Å². The Bertz CT molecular complexity index is 1470. The lowest BCUT2D eigenvalue weighted by Gasteiger charge is -2.17. The highest BCUT2D eigenvalue weighted by Crippen LogP contribution is 2.30. The number of benzene rings is 4. The standard InChI is InChI=1S/C30H30N2O2/c1-20-9-14-29(21(2)17-20)34-16-15-32-28-8-6-5-7-27(28)31-30(32)22(3)23-10-11-25-19-26(33-4)13-12-24(25)18-23/h5-14,17-19,22H,15-16H2,1-4H3. The maximum atomic E-state index is 6.17. The molecule has 1 heterocycles. The zero-order chi connectivity index (χ0) is 23.7. The maximum absolute atomic E-state index is 6.17. The van der Waals surface area contributed by atoms with Crippen molar-refractivity contribution in [2.24, 2.45) is 0 Å². The van der Waals surface area contributed by atoms with Gasteiger partial charge in [-0.15, -0.1) is 0 Å². The van der Waals surface area contributed by atoms with Crippen LogP contribution in [0.3, 0.4) is 0 Å². The SMILES string of the molecule is COc1ccc2cc(C(C)c3nc4ccccc4n3CCOc3ccc(C)cc3C)ccc2c1. The van der Waals surface area contributed by atoms with Gasteiger partial charge in [-0.2, -0.15) is 0 Å². The minimum absolute atomic E-state index is 0.139. The van der Waals surface area contributed by atoms with Crippen LogP contribution in [0.25, 0.3) is 21.8 Å². The maximum Gasteiger partial charge on any atom is 0.122 e. The summed E-state index contributed by atoms with van der Waals surface area (Å²) in [5.41, 5.74) is 5.80. The van der Waals surface area contributed by atoms with Gasteiger partial charge < -0.3 is 14.0 Å². The second-order valence-corrected chi connectivity index (χ2v) is 8.92. The molecule has 0 saturated carbocycles. The Morgan fingerprint density at radius 2 is 1.68 bits per heavy atom. The minimum Gasteiger partial charge on any atom is -0.497 e. The van der Waals surface area contributed by atoms with Crippen LogP contribution in [-0.4, -0.2) is 23.3 Å². The van der Waals surface area contributed by atoms with Crippen LogP contribution in [-0.2, 0) is 6.54 Å². The first-order valence-electron chi connectivity index (χ1n) is 11.8. The molecule has 0 bridgehead atoms. The number of para-hydroxylation sites is 2. The van der Waals surface area contributed by atoms with E-state index in [1.54, 1.807) is 7.11 Å². The van der Waals surface area contributed by atoms with Gasteiger partial charge in [0.15, 0.2) is 0 Å². The van der Waals surface area contributed by atoms with Crippen LogP contribution in [0, 0.1) is 13.8 Å². The molecule has 4 nitrogen and oxygen atoms in total. The summed E-state index contributed by atoms with van der Waals surface area (Å²) in [5, 5.41) is 2.37. The van der Waals surface area contributed by atoms with Crippen molar-refractivity contribution < 1.29 is 9.47 Å². The predicted octanol–water partition coefficient (Wildman–Crippen LogP) is 7.05. The number of ether oxygens (including phenoxy) is 2. The molecule has 0 spiro atoms. The highest BCUT2D eigenvalue weighted by molar-refractivity contribution is 5.85. The summed E-state index contributed by atoms with van der Waals surface area (Å²) < 4.78 is 13.9. The van der Waals surface area contributed by atoms with Gasteiger partial charge >= 0.3 is 0 Å². The molecule has 5 aromatic rings. The normalized spacial score (nSPS) is 12.2. The first kappa shape index (κ1) is 22.0. The molecular weight excluding hydrogens is 420 g/mol. The molecule has 4 heteroatoms. The van der Waals surface area contributed by atoms with Crippen LogP contribution in [0.2, 0.25) is 0 Å². The first-order valence-corrected chi connectivity index (χ1v) is 11.8. The fourth-order valence-corrected chi connectivity index (χ4v) is 4.66. The van der Waals surface area contributed by atoms with E-state index >= 15 is 0 Å². The summed E-state index contributed by atoms with van der Waals surface area (Å²) >= 11 is 0. The summed E-state index contributed by atoms with van der Waals surface area (Å²) in [6.07, 6.45) is 0. The summed E-state index contributed by atoms with van der Waals surface area (Å²) in [4.78, 5) is 5.04. The number of hydrogen-bond donors (Lipinski definition) is 0. The quantitative estimate of drug-likeness (QED) is 0.267. The van der Waals surface area contributed by atoms with E-state index in [4.69, 9.17) is 14.5 Å². The van der Waals surface area contributed by atoms with E-state index in [0.29, 0.717) is 6.61 Å². The average molecular weight is 451 g/mol. The van der Waals surface area contributed by atoms with E-state index < -0.39 is 0 Å². The number of hydrogen-bond acceptors (Lipinski definition) is 3. The third kappa shape index (κ3) is 4.24. The molecule has 34 heavy (non-hydrogen) atoms. The van der Waals surface area contributed by atoms with Gasteiger partial charge in [-0.1, -0.05) is 61.0 Å². The molecule has 0 amide bonds. The molecule has 0 aliphatic heterocycles. The van der Waals surface area contributed by atoms with E-state index in [0.717, 1.165) is 40.5 Å². The molecule has 0 fully saturated rings. The Balaban J connectivity index is 1.45. The summed E-state index contributed by atoms with van der Waals surface area (Å²) in [5.74, 6) is 3.01. The number of aromatic nitrogens is 2. The number of rotatable bonds is 7. The number of fused-ring (bicyclic) bond motifs is 2. The van der Waals surface area contributed by atoms with Crippen molar-refractivity contribution >= 4 is 21.8 Å². The average Bonchev–Trinajstić information content (AvgIpc) is 3.22. The lowest BCUT2D eigenvalue weighted by molar-refractivity contribution is 0.296. The molecule has 0 saturated heterocycles. The third-order valence-corrected chi connectivity index (χ3v) is 6.55. The van der Waals surface area contributed by atoms with Crippen molar-refractivity contribution in [1.82, 2.24) is 9.55 Å². The van der Waals surface area contributed by atoms with Crippen LogP contribution in [0.4, 0.5) is 0 Å². The lowest BCUT2D eigenvalue weighted by atomic mass is 9.97. The molecule has 0 aliphatic carbocycles. The smallest absolute Gasteiger partial charge is 0.122 e. The van der Waals surface area contributed by atoms with E-state index in [1.165, 1.54) is 21.9 Å². The van der Waals surface area contributed by atoms with Crippen LogP contribution in [0.15, 0.2) is 78.9 Å². The predicted molar refractivity (Wildman–Crippen MR) is 139 cm³/mol. The Kier molecular flexibility index (Phi) is 5.97. The van der Waals surface area contributed by atoms with Crippen molar-refractivity contribution in [1.29, 1.82) is 0 Å². The van der Waals surface area contributed by atoms with Crippen molar-refractivity contribution in [3.63, 3.8) is 0 Å². The second kappa shape index (κ2) is 9.22. The summed E-state index contributed by atoms with van der Waals surface area (Å²) in [6.45, 7) is 7.75. The third-order valence-electron chi connectivity index (χ3n) is 6.55.